The van der Waals surface area contributed by atoms with Crippen LogP contribution < -0.4 is 5.32 Å². The molecule has 0 spiro atoms. The molecule has 1 fully saturated rings. The molecule has 0 amide bonds. The van der Waals surface area contributed by atoms with E-state index in [1.165, 1.54) is 42.5 Å². The molecule has 1 aliphatic rings. The van der Waals surface area contributed by atoms with Crippen LogP contribution in [0.1, 0.15) is 48.6 Å². The van der Waals surface area contributed by atoms with E-state index in [2.05, 4.69) is 29.8 Å². The Balaban J connectivity index is 2.01. The van der Waals surface area contributed by atoms with Gasteiger partial charge in [0, 0.05) is 10.9 Å². The molecule has 1 N–H and O–H groups in total. The van der Waals surface area contributed by atoms with E-state index in [1.54, 1.807) is 11.3 Å². The summed E-state index contributed by atoms with van der Waals surface area (Å²) < 4.78 is 0. The molecule has 2 rings (SSSR count). The van der Waals surface area contributed by atoms with Gasteiger partial charge in [-0.25, -0.2) is 0 Å². The lowest BCUT2D eigenvalue weighted by Crippen LogP contribution is -2.33. The van der Waals surface area contributed by atoms with Gasteiger partial charge < -0.3 is 0 Å². The molecule has 0 radical (unpaired) electrons. The van der Waals surface area contributed by atoms with E-state index in [0.717, 1.165) is 0 Å². The van der Waals surface area contributed by atoms with E-state index >= 15 is 0 Å². The standard InChI is InChI=1S/C13H18N2S/c1-10-7-8-16-13(10)12(9-14)15-11-5-3-2-4-6-11/h7-8,11-12,15H,2-6H2,1H3. The van der Waals surface area contributed by atoms with Crippen molar-refractivity contribution in [3.05, 3.63) is 21.9 Å². The average Bonchev–Trinajstić information content (AvgIpc) is 2.74. The summed E-state index contributed by atoms with van der Waals surface area (Å²) in [5.74, 6) is 0. The highest BCUT2D eigenvalue weighted by Gasteiger charge is 2.20. The van der Waals surface area contributed by atoms with Crippen LogP contribution in [0.5, 0.6) is 0 Å². The van der Waals surface area contributed by atoms with Crippen molar-refractivity contribution in [3.63, 3.8) is 0 Å². The molecule has 0 aliphatic heterocycles. The Kier molecular flexibility index (Phi) is 3.98. The number of hydrogen-bond acceptors (Lipinski definition) is 3. The molecule has 1 saturated carbocycles. The van der Waals surface area contributed by atoms with Gasteiger partial charge in [0.05, 0.1) is 6.07 Å². The molecule has 1 unspecified atom stereocenters. The van der Waals surface area contributed by atoms with Gasteiger partial charge in [-0.05, 0) is 36.8 Å². The molecule has 86 valence electrons. The van der Waals surface area contributed by atoms with E-state index in [-0.39, 0.29) is 6.04 Å². The summed E-state index contributed by atoms with van der Waals surface area (Å²) in [7, 11) is 0. The van der Waals surface area contributed by atoms with E-state index in [0.29, 0.717) is 6.04 Å². The quantitative estimate of drug-likeness (QED) is 0.868. The van der Waals surface area contributed by atoms with Crippen LogP contribution in [0, 0.1) is 18.3 Å². The van der Waals surface area contributed by atoms with Crippen LogP contribution in [0.25, 0.3) is 0 Å². The lowest BCUT2D eigenvalue weighted by molar-refractivity contribution is 0.361. The second kappa shape index (κ2) is 5.47. The summed E-state index contributed by atoms with van der Waals surface area (Å²) in [4.78, 5) is 1.19. The van der Waals surface area contributed by atoms with Gasteiger partial charge in [-0.3, -0.25) is 5.32 Å². The van der Waals surface area contributed by atoms with Crippen LogP contribution in [0.15, 0.2) is 11.4 Å². The summed E-state index contributed by atoms with van der Waals surface area (Å²) in [6.45, 7) is 2.08. The van der Waals surface area contributed by atoms with Crippen LogP contribution in [0.4, 0.5) is 0 Å². The highest BCUT2D eigenvalue weighted by atomic mass is 32.1. The number of nitriles is 1. The van der Waals surface area contributed by atoms with Crippen molar-refractivity contribution in [2.24, 2.45) is 0 Å². The Bertz CT molecular complexity index is 372. The van der Waals surface area contributed by atoms with Crippen molar-refractivity contribution < 1.29 is 0 Å². The first-order valence-electron chi connectivity index (χ1n) is 6.01. The Labute approximate surface area is 101 Å². The predicted molar refractivity (Wildman–Crippen MR) is 67.4 cm³/mol. The maximum absolute atomic E-state index is 9.25. The first-order valence-corrected chi connectivity index (χ1v) is 6.89. The van der Waals surface area contributed by atoms with Crippen molar-refractivity contribution in [2.75, 3.05) is 0 Å². The molecule has 1 aromatic rings. The maximum Gasteiger partial charge on any atom is 0.131 e. The van der Waals surface area contributed by atoms with Crippen LogP contribution in [0.3, 0.4) is 0 Å². The lowest BCUT2D eigenvalue weighted by Gasteiger charge is -2.25. The highest BCUT2D eigenvalue weighted by molar-refractivity contribution is 7.10. The zero-order valence-corrected chi connectivity index (χ0v) is 10.5. The molecular formula is C13H18N2S. The van der Waals surface area contributed by atoms with Gasteiger partial charge >= 0.3 is 0 Å². The van der Waals surface area contributed by atoms with Crippen molar-refractivity contribution in [3.8, 4) is 6.07 Å². The summed E-state index contributed by atoms with van der Waals surface area (Å²) >= 11 is 1.69. The molecule has 2 nitrogen and oxygen atoms in total. The van der Waals surface area contributed by atoms with Crippen molar-refractivity contribution in [2.45, 2.75) is 51.1 Å². The van der Waals surface area contributed by atoms with Gasteiger partial charge in [0.1, 0.15) is 6.04 Å². The number of hydrogen-bond donors (Lipinski definition) is 1. The molecule has 3 heteroatoms. The second-order valence-corrected chi connectivity index (χ2v) is 5.48. The third-order valence-electron chi connectivity index (χ3n) is 3.30. The SMILES string of the molecule is Cc1ccsc1C(C#N)NC1CCCCC1. The molecule has 1 heterocycles. The number of thiophene rings is 1. The van der Waals surface area contributed by atoms with Gasteiger partial charge in [0.25, 0.3) is 0 Å². The zero-order valence-electron chi connectivity index (χ0n) is 9.70. The van der Waals surface area contributed by atoms with Crippen LogP contribution >= 0.6 is 11.3 Å². The van der Waals surface area contributed by atoms with Gasteiger partial charge in [0.2, 0.25) is 0 Å². The van der Waals surface area contributed by atoms with Gasteiger partial charge in [0.15, 0.2) is 0 Å². The lowest BCUT2D eigenvalue weighted by atomic mass is 9.94. The highest BCUT2D eigenvalue weighted by Crippen LogP contribution is 2.26. The molecule has 0 saturated heterocycles. The van der Waals surface area contributed by atoms with E-state index in [1.807, 2.05) is 0 Å². The first kappa shape index (κ1) is 11.6. The molecule has 1 aliphatic carbocycles. The molecule has 0 aromatic carbocycles. The summed E-state index contributed by atoms with van der Waals surface area (Å²) in [5, 5.41) is 14.8. The van der Waals surface area contributed by atoms with Crippen LogP contribution in [-0.4, -0.2) is 6.04 Å². The number of rotatable bonds is 3. The fraction of sp³-hybridized carbons (Fsp3) is 0.615. The van der Waals surface area contributed by atoms with Crippen molar-refractivity contribution >= 4 is 11.3 Å². The number of aryl methyl sites for hydroxylation is 1. The van der Waals surface area contributed by atoms with Gasteiger partial charge in [-0.2, -0.15) is 5.26 Å². The largest absolute Gasteiger partial charge is 0.295 e. The van der Waals surface area contributed by atoms with Crippen LogP contribution in [-0.2, 0) is 0 Å². The third kappa shape index (κ3) is 2.63. The minimum Gasteiger partial charge on any atom is -0.295 e. The average molecular weight is 234 g/mol. The summed E-state index contributed by atoms with van der Waals surface area (Å²) in [5.41, 5.74) is 1.24. The number of nitrogens with one attached hydrogen (secondary N) is 1. The smallest absolute Gasteiger partial charge is 0.131 e. The maximum atomic E-state index is 9.25. The Morgan fingerprint density at radius 2 is 2.19 bits per heavy atom. The van der Waals surface area contributed by atoms with E-state index in [4.69, 9.17) is 0 Å². The molecular weight excluding hydrogens is 216 g/mol. The minimum atomic E-state index is -0.108. The summed E-state index contributed by atoms with van der Waals surface area (Å²) in [6.07, 6.45) is 6.41. The zero-order chi connectivity index (χ0) is 11.4. The van der Waals surface area contributed by atoms with Gasteiger partial charge in [-0.1, -0.05) is 19.3 Å². The Morgan fingerprint density at radius 3 is 2.75 bits per heavy atom. The normalized spacial score (nSPS) is 19.2. The number of nitrogens with zero attached hydrogens (tertiary/aromatic N) is 1. The third-order valence-corrected chi connectivity index (χ3v) is 4.38. The Hall–Kier alpha value is -0.850. The molecule has 1 atom stereocenters. The topological polar surface area (TPSA) is 35.8 Å². The molecule has 1 aromatic heterocycles. The van der Waals surface area contributed by atoms with Crippen molar-refractivity contribution in [1.82, 2.24) is 5.32 Å². The van der Waals surface area contributed by atoms with E-state index in [9.17, 15) is 5.26 Å². The van der Waals surface area contributed by atoms with Gasteiger partial charge in [-0.15, -0.1) is 11.3 Å². The minimum absolute atomic E-state index is 0.108. The molecule has 16 heavy (non-hydrogen) atoms. The fourth-order valence-corrected chi connectivity index (χ4v) is 3.29. The Morgan fingerprint density at radius 1 is 1.44 bits per heavy atom. The monoisotopic (exact) mass is 234 g/mol. The fourth-order valence-electron chi connectivity index (χ4n) is 2.36. The predicted octanol–water partition coefficient (Wildman–Crippen LogP) is 3.54. The van der Waals surface area contributed by atoms with Crippen molar-refractivity contribution in [1.29, 1.82) is 5.26 Å². The second-order valence-electron chi connectivity index (χ2n) is 4.53. The molecule has 0 bridgehead atoms. The summed E-state index contributed by atoms with van der Waals surface area (Å²) in [6, 6.07) is 4.92. The van der Waals surface area contributed by atoms with Crippen LogP contribution in [0.2, 0.25) is 0 Å². The first-order chi connectivity index (χ1) is 7.81. The van der Waals surface area contributed by atoms with E-state index < -0.39 is 0 Å².